The molecule has 158 valence electrons. The number of halogens is 1. The molecule has 0 aliphatic rings. The van der Waals surface area contributed by atoms with Crippen LogP contribution in [0.15, 0.2) is 36.0 Å². The number of aromatic nitrogens is 1. The summed E-state index contributed by atoms with van der Waals surface area (Å²) in [5, 5.41) is 2.13. The van der Waals surface area contributed by atoms with Crippen LogP contribution in [0.2, 0.25) is 0 Å². The van der Waals surface area contributed by atoms with Crippen molar-refractivity contribution in [3.05, 3.63) is 46.4 Å². The van der Waals surface area contributed by atoms with Crippen LogP contribution >= 0.6 is 23.7 Å². The second-order valence-electron chi connectivity index (χ2n) is 7.40. The van der Waals surface area contributed by atoms with E-state index in [0.717, 1.165) is 25.3 Å². The fourth-order valence-electron chi connectivity index (χ4n) is 3.49. The predicted octanol–water partition coefficient (Wildman–Crippen LogP) is 6.76. The van der Waals surface area contributed by atoms with Crippen LogP contribution in [0.25, 0.3) is 0 Å². The van der Waals surface area contributed by atoms with Crippen LogP contribution in [0.3, 0.4) is 0 Å². The van der Waals surface area contributed by atoms with E-state index in [2.05, 4.69) is 41.2 Å². The molecule has 5 heteroatoms. The molecule has 0 N–H and O–H groups in total. The first-order valence-electron chi connectivity index (χ1n) is 10.5. The Balaban J connectivity index is 0.00000392. The average molecular weight is 425 g/mol. The molecule has 0 radical (unpaired) electrons. The van der Waals surface area contributed by atoms with Crippen LogP contribution in [0.4, 0.5) is 0 Å². The molecule has 2 aromatic heterocycles. The van der Waals surface area contributed by atoms with Gasteiger partial charge in [0.15, 0.2) is 0 Å². The van der Waals surface area contributed by atoms with Crippen molar-refractivity contribution < 1.29 is 4.74 Å². The highest BCUT2D eigenvalue weighted by molar-refractivity contribution is 7.10. The Hall–Kier alpha value is -1.10. The number of unbranched alkanes of at least 4 members (excludes halogenated alkanes) is 5. The Morgan fingerprint density at radius 2 is 1.93 bits per heavy atom. The van der Waals surface area contributed by atoms with E-state index in [4.69, 9.17) is 4.74 Å². The van der Waals surface area contributed by atoms with Crippen LogP contribution in [0, 0.1) is 0 Å². The van der Waals surface area contributed by atoms with Gasteiger partial charge in [0.1, 0.15) is 5.75 Å². The maximum atomic E-state index is 5.54. The Morgan fingerprint density at radius 3 is 2.64 bits per heavy atom. The summed E-state index contributed by atoms with van der Waals surface area (Å²) in [7, 11) is 1.77. The third-order valence-corrected chi connectivity index (χ3v) is 6.17. The highest BCUT2D eigenvalue weighted by Crippen LogP contribution is 2.27. The molecule has 0 saturated heterocycles. The van der Waals surface area contributed by atoms with Gasteiger partial charge in [-0.1, -0.05) is 51.5 Å². The van der Waals surface area contributed by atoms with E-state index < -0.39 is 0 Å². The van der Waals surface area contributed by atoms with Crippen LogP contribution in [0.5, 0.6) is 5.75 Å². The lowest BCUT2D eigenvalue weighted by Gasteiger charge is -2.29. The lowest BCUT2D eigenvalue weighted by atomic mass is 10.0. The first kappa shape index (κ1) is 24.9. The van der Waals surface area contributed by atoms with Gasteiger partial charge in [-0.05, 0) is 42.8 Å². The van der Waals surface area contributed by atoms with Gasteiger partial charge in [0, 0.05) is 31.5 Å². The van der Waals surface area contributed by atoms with Crippen molar-refractivity contribution in [2.45, 2.75) is 77.8 Å². The quantitative estimate of drug-likeness (QED) is 0.313. The molecule has 2 rings (SSSR count). The summed E-state index contributed by atoms with van der Waals surface area (Å²) in [6, 6.07) is 6.87. The fraction of sp³-hybridized carbons (Fsp3) is 0.609. The van der Waals surface area contributed by atoms with E-state index in [9.17, 15) is 0 Å². The maximum absolute atomic E-state index is 5.54. The summed E-state index contributed by atoms with van der Waals surface area (Å²) < 4.78 is 5.54. The number of thiophene rings is 1. The van der Waals surface area contributed by atoms with E-state index in [1.807, 2.05) is 18.5 Å². The molecule has 1 atom stereocenters. The third kappa shape index (κ3) is 8.93. The van der Waals surface area contributed by atoms with E-state index in [1.165, 1.54) is 55.4 Å². The normalized spacial score (nSPS) is 12.0. The molecular weight excluding hydrogens is 388 g/mol. The summed E-state index contributed by atoms with van der Waals surface area (Å²) in [6.45, 7) is 6.69. The molecule has 0 amide bonds. The molecule has 2 heterocycles. The molecule has 0 spiro atoms. The summed E-state index contributed by atoms with van der Waals surface area (Å²) in [4.78, 5) is 8.21. The molecule has 2 aromatic rings. The first-order valence-corrected chi connectivity index (χ1v) is 11.4. The summed E-state index contributed by atoms with van der Waals surface area (Å²) in [6.07, 6.45) is 14.3. The highest BCUT2D eigenvalue weighted by Gasteiger charge is 2.17. The monoisotopic (exact) mass is 424 g/mol. The molecule has 1 unspecified atom stereocenters. The molecule has 0 aliphatic carbocycles. The van der Waals surface area contributed by atoms with Gasteiger partial charge in [-0.25, -0.2) is 0 Å². The van der Waals surface area contributed by atoms with E-state index in [1.54, 1.807) is 18.4 Å². The molecule has 3 nitrogen and oxygen atoms in total. The molecule has 0 bridgehead atoms. The van der Waals surface area contributed by atoms with E-state index in [-0.39, 0.29) is 12.4 Å². The van der Waals surface area contributed by atoms with Crippen LogP contribution in [0.1, 0.15) is 69.2 Å². The minimum atomic E-state index is 0. The molecular formula is C23H37ClN2OS. The van der Waals surface area contributed by atoms with Gasteiger partial charge in [-0.15, -0.1) is 23.7 Å². The Labute approximate surface area is 181 Å². The highest BCUT2D eigenvalue weighted by atomic mass is 35.5. The Morgan fingerprint density at radius 1 is 1.14 bits per heavy atom. The molecule has 0 saturated carbocycles. The van der Waals surface area contributed by atoms with Crippen LogP contribution in [-0.2, 0) is 13.0 Å². The van der Waals surface area contributed by atoms with Crippen molar-refractivity contribution >= 4 is 23.7 Å². The zero-order valence-electron chi connectivity index (χ0n) is 17.7. The van der Waals surface area contributed by atoms with Gasteiger partial charge in [-0.3, -0.25) is 9.88 Å². The standard InChI is InChI=1S/C23H36N2OS.ClH/c1-4-5-6-7-8-9-11-20(2)25(16-13-21-12-10-15-24-18-21)19-23-22(26-3)14-17-27-23;/h10,12,14-15,17-18,20H,4-9,11,13,16,19H2,1-3H3;1H. The number of rotatable bonds is 14. The zero-order valence-corrected chi connectivity index (χ0v) is 19.4. The minimum Gasteiger partial charge on any atom is -0.496 e. The SMILES string of the molecule is CCCCCCCCC(C)N(CCc1cccnc1)Cc1sccc1OC.Cl. The largest absolute Gasteiger partial charge is 0.496 e. The fourth-order valence-corrected chi connectivity index (χ4v) is 4.35. The predicted molar refractivity (Wildman–Crippen MR) is 124 cm³/mol. The zero-order chi connectivity index (χ0) is 19.3. The number of hydrogen-bond donors (Lipinski definition) is 0. The Kier molecular flexibility index (Phi) is 13.2. The first-order chi connectivity index (χ1) is 13.2. The van der Waals surface area contributed by atoms with Gasteiger partial charge in [0.05, 0.1) is 12.0 Å². The van der Waals surface area contributed by atoms with Gasteiger partial charge < -0.3 is 4.74 Å². The third-order valence-electron chi connectivity index (χ3n) is 5.28. The summed E-state index contributed by atoms with van der Waals surface area (Å²) in [5.74, 6) is 1.03. The van der Waals surface area contributed by atoms with Crippen molar-refractivity contribution in [2.75, 3.05) is 13.7 Å². The van der Waals surface area contributed by atoms with Crippen molar-refractivity contribution in [2.24, 2.45) is 0 Å². The average Bonchev–Trinajstić information content (AvgIpc) is 3.15. The second-order valence-corrected chi connectivity index (χ2v) is 8.40. The smallest absolute Gasteiger partial charge is 0.134 e. The molecule has 28 heavy (non-hydrogen) atoms. The number of ether oxygens (including phenoxy) is 1. The summed E-state index contributed by atoms with van der Waals surface area (Å²) in [5.41, 5.74) is 1.31. The number of nitrogens with zero attached hydrogens (tertiary/aromatic N) is 2. The van der Waals surface area contributed by atoms with Gasteiger partial charge >= 0.3 is 0 Å². The lowest BCUT2D eigenvalue weighted by molar-refractivity contribution is 0.189. The van der Waals surface area contributed by atoms with Crippen molar-refractivity contribution in [1.82, 2.24) is 9.88 Å². The minimum absolute atomic E-state index is 0. The molecule has 0 fully saturated rings. The van der Waals surface area contributed by atoms with Crippen molar-refractivity contribution in [1.29, 1.82) is 0 Å². The van der Waals surface area contributed by atoms with Gasteiger partial charge in [-0.2, -0.15) is 0 Å². The maximum Gasteiger partial charge on any atom is 0.134 e. The summed E-state index contributed by atoms with van der Waals surface area (Å²) >= 11 is 1.80. The number of pyridine rings is 1. The Bertz CT molecular complexity index is 620. The van der Waals surface area contributed by atoms with Crippen LogP contribution < -0.4 is 4.74 Å². The van der Waals surface area contributed by atoms with Crippen LogP contribution in [-0.4, -0.2) is 29.6 Å². The number of methoxy groups -OCH3 is 1. The number of hydrogen-bond acceptors (Lipinski definition) is 4. The van der Waals surface area contributed by atoms with Gasteiger partial charge in [0.2, 0.25) is 0 Å². The second kappa shape index (κ2) is 14.8. The van der Waals surface area contributed by atoms with Gasteiger partial charge in [0.25, 0.3) is 0 Å². The van der Waals surface area contributed by atoms with E-state index >= 15 is 0 Å². The topological polar surface area (TPSA) is 25.4 Å². The van der Waals surface area contributed by atoms with Crippen molar-refractivity contribution in [3.63, 3.8) is 0 Å². The van der Waals surface area contributed by atoms with E-state index in [0.29, 0.717) is 6.04 Å². The lowest BCUT2D eigenvalue weighted by Crippen LogP contribution is -2.34. The van der Waals surface area contributed by atoms with Crippen molar-refractivity contribution in [3.8, 4) is 5.75 Å². The molecule has 0 aromatic carbocycles. The molecule has 0 aliphatic heterocycles.